The zero-order valence-electron chi connectivity index (χ0n) is 42.8. The third-order valence-electron chi connectivity index (χ3n) is 15.4. The van der Waals surface area contributed by atoms with Crippen LogP contribution in [0, 0.1) is 11.7 Å². The van der Waals surface area contributed by atoms with E-state index in [1.807, 2.05) is 42.5 Å². The monoisotopic (exact) mass is 1070 g/mol. The maximum absolute atomic E-state index is 15.6. The second kappa shape index (κ2) is 20.8. The molecule has 5 aliphatic heterocycles. The highest BCUT2D eigenvalue weighted by atomic mass is 35.5. The molecule has 20 nitrogen and oxygen atoms in total. The van der Waals surface area contributed by atoms with Gasteiger partial charge in [-0.1, -0.05) is 11.6 Å². The summed E-state index contributed by atoms with van der Waals surface area (Å²) in [6, 6.07) is 9.67. The van der Waals surface area contributed by atoms with Crippen molar-refractivity contribution >= 4 is 93.2 Å². The van der Waals surface area contributed by atoms with Gasteiger partial charge in [0.15, 0.2) is 5.82 Å². The normalized spacial score (nSPS) is 19.4. The predicted octanol–water partition coefficient (Wildman–Crippen LogP) is 6.26. The molecular formula is C53H59ClFN14O6P. The Labute approximate surface area is 443 Å². The molecule has 11 rings (SSSR count). The van der Waals surface area contributed by atoms with Crippen molar-refractivity contribution < 1.29 is 32.9 Å². The number of hydrogen-bond acceptors (Lipinski definition) is 17. The van der Waals surface area contributed by atoms with Gasteiger partial charge in [-0.2, -0.15) is 10.1 Å². The summed E-state index contributed by atoms with van der Waals surface area (Å²) in [5.74, 6) is -1.34. The van der Waals surface area contributed by atoms with E-state index in [1.54, 1.807) is 37.5 Å². The van der Waals surface area contributed by atoms with Crippen LogP contribution >= 0.6 is 18.7 Å². The highest BCUT2D eigenvalue weighted by molar-refractivity contribution is 7.71. The maximum Gasteiger partial charge on any atom is 0.262 e. The maximum atomic E-state index is 15.6. The first kappa shape index (κ1) is 51.1. The molecule has 1 unspecified atom stereocenters. The number of aromatic nitrogens is 6. The van der Waals surface area contributed by atoms with Gasteiger partial charge in [-0.05, 0) is 94.8 Å². The summed E-state index contributed by atoms with van der Waals surface area (Å²) in [6.45, 7) is 10.8. The van der Waals surface area contributed by atoms with Gasteiger partial charge in [0.25, 0.3) is 11.8 Å². The number of nitrogens with one attached hydrogen (secondary N) is 3. The molecule has 396 valence electrons. The minimum absolute atomic E-state index is 0.0151. The van der Waals surface area contributed by atoms with Crippen molar-refractivity contribution in [3.05, 3.63) is 89.3 Å². The Morgan fingerprint density at radius 1 is 0.803 bits per heavy atom. The molecule has 0 bridgehead atoms. The van der Waals surface area contributed by atoms with Gasteiger partial charge in [0, 0.05) is 107 Å². The minimum atomic E-state index is -2.85. The Bertz CT molecular complexity index is 3330. The van der Waals surface area contributed by atoms with E-state index in [2.05, 4.69) is 56.8 Å². The van der Waals surface area contributed by atoms with E-state index < -0.39 is 42.6 Å². The molecule has 4 fully saturated rings. The number of methoxy groups -OCH3 is 1. The number of carbonyl (C=O) groups is 4. The summed E-state index contributed by atoms with van der Waals surface area (Å²) < 4.78 is 37.1. The zero-order chi connectivity index (χ0) is 53.0. The van der Waals surface area contributed by atoms with E-state index in [1.165, 1.54) is 12.3 Å². The van der Waals surface area contributed by atoms with Gasteiger partial charge in [0.1, 0.15) is 35.3 Å². The van der Waals surface area contributed by atoms with Crippen molar-refractivity contribution in [2.75, 3.05) is 99.8 Å². The molecule has 1 atom stereocenters. The van der Waals surface area contributed by atoms with Crippen LogP contribution in [0.2, 0.25) is 5.02 Å². The number of anilines is 6. The molecule has 0 saturated carbocycles. The SMILES string of the molecule is COc1cc(N2CCC(N3CCC(CN4CCN(c5cc6c(cc5F)C(=O)N(C5CCC(=O)NC5=O)C6=O)CC4)CC3)CC2)c(-c2cnn(C)c2)cc1Nc1ncc(Cl)c(Nc2ccc3nccnc3c2P(C)(C)=O)n1. The quantitative estimate of drug-likeness (QED) is 0.0859. The van der Waals surface area contributed by atoms with Crippen molar-refractivity contribution in [2.45, 2.75) is 50.6 Å². The number of benzene rings is 3. The number of aryl methyl sites for hydroxylation is 1. The number of imide groups is 2. The highest BCUT2D eigenvalue weighted by Crippen LogP contribution is 2.44. The van der Waals surface area contributed by atoms with E-state index in [9.17, 15) is 23.7 Å². The van der Waals surface area contributed by atoms with Gasteiger partial charge >= 0.3 is 0 Å². The fourth-order valence-corrected chi connectivity index (χ4v) is 13.1. The van der Waals surface area contributed by atoms with E-state index in [-0.39, 0.29) is 40.6 Å². The molecule has 8 heterocycles. The number of piperidine rings is 3. The Kier molecular flexibility index (Phi) is 14.0. The first-order valence-corrected chi connectivity index (χ1v) is 28.7. The summed E-state index contributed by atoms with van der Waals surface area (Å²) >= 11 is 6.68. The van der Waals surface area contributed by atoms with Crippen molar-refractivity contribution in [1.29, 1.82) is 0 Å². The number of amides is 4. The van der Waals surface area contributed by atoms with Crippen molar-refractivity contribution in [3.63, 3.8) is 0 Å². The van der Waals surface area contributed by atoms with Crippen LogP contribution in [0.3, 0.4) is 0 Å². The molecule has 23 heteroatoms. The number of carbonyl (C=O) groups excluding carboxylic acids is 4. The molecule has 3 aromatic carbocycles. The Hall–Kier alpha value is -7.06. The number of rotatable bonds is 13. The van der Waals surface area contributed by atoms with Crippen LogP contribution in [0.15, 0.2) is 67.4 Å². The van der Waals surface area contributed by atoms with Crippen LogP contribution < -0.4 is 35.8 Å². The summed E-state index contributed by atoms with van der Waals surface area (Å²) in [7, 11) is 0.696. The Morgan fingerprint density at radius 3 is 2.22 bits per heavy atom. The molecule has 3 N–H and O–H groups in total. The fraction of sp³-hybridized carbons (Fsp3) is 0.415. The topological polar surface area (TPSA) is 216 Å². The zero-order valence-corrected chi connectivity index (χ0v) is 44.4. The van der Waals surface area contributed by atoms with Crippen LogP contribution in [0.4, 0.5) is 38.9 Å². The highest BCUT2D eigenvalue weighted by Gasteiger charge is 2.45. The molecule has 4 amide bonds. The number of ether oxygens (including phenoxy) is 1. The number of fused-ring (bicyclic) bond motifs is 2. The first-order chi connectivity index (χ1) is 36.6. The molecule has 4 saturated heterocycles. The van der Waals surface area contributed by atoms with Gasteiger partial charge in [-0.25, -0.2) is 9.37 Å². The minimum Gasteiger partial charge on any atom is -0.494 e. The second-order valence-corrected chi connectivity index (χ2v) is 24.2. The lowest BCUT2D eigenvalue weighted by Gasteiger charge is -2.44. The average Bonchev–Trinajstić information content (AvgIpc) is 3.99. The van der Waals surface area contributed by atoms with Gasteiger partial charge in [-0.15, -0.1) is 0 Å². The third kappa shape index (κ3) is 10.1. The number of likely N-dealkylation sites (tertiary alicyclic amines) is 1. The Balaban J connectivity index is 0.704. The molecule has 6 aromatic rings. The van der Waals surface area contributed by atoms with Crippen LogP contribution in [0.5, 0.6) is 5.75 Å². The van der Waals surface area contributed by atoms with Crippen molar-refractivity contribution in [1.82, 2.24) is 49.7 Å². The molecular weight excluding hydrogens is 1010 g/mol. The van der Waals surface area contributed by atoms with Gasteiger partial charge in [-0.3, -0.25) is 48.9 Å². The number of halogens is 2. The number of hydrogen-bond donors (Lipinski definition) is 3. The molecule has 3 aromatic heterocycles. The summed E-state index contributed by atoms with van der Waals surface area (Å²) in [5.41, 5.74) is 5.66. The molecule has 0 radical (unpaired) electrons. The molecule has 76 heavy (non-hydrogen) atoms. The lowest BCUT2D eigenvalue weighted by molar-refractivity contribution is -0.136. The average molecular weight is 1070 g/mol. The Morgan fingerprint density at radius 2 is 1.53 bits per heavy atom. The van der Waals surface area contributed by atoms with Crippen molar-refractivity contribution in [3.8, 4) is 16.9 Å². The standard InChI is InChI=1S/C53H59ClFN14O6P/c1-64-30-32(27-59-64)34-24-41(61-53-58-28-37(54)49(63-53)60-40-6-5-39-47(57-14-13-56-39)48(40)76(3,4)74)45(75-2)26-43(34)67-17-11-33(12-18-67)66-15-9-31(10-16-66)29-65-19-21-68(22-20-65)44-25-36-35(23-38(44)55)51(72)69(52(36)73)42-7-8-46(70)62-50(42)71/h5-6,13-14,23-28,30-31,33,42H,7-12,15-22,29H2,1-4H3,(H,62,70,71)(H2,58,60,61,63). The van der Waals surface area contributed by atoms with E-state index in [0.29, 0.717) is 64.3 Å². The second-order valence-electron chi connectivity index (χ2n) is 20.6. The fourth-order valence-electron chi connectivity index (χ4n) is 11.6. The predicted molar refractivity (Wildman–Crippen MR) is 289 cm³/mol. The van der Waals surface area contributed by atoms with E-state index in [4.69, 9.17) is 21.3 Å². The summed E-state index contributed by atoms with van der Waals surface area (Å²) in [6.07, 6.45) is 12.8. The number of nitrogens with zero attached hydrogens (tertiary/aromatic N) is 11. The lowest BCUT2D eigenvalue weighted by Crippen LogP contribution is -2.54. The lowest BCUT2D eigenvalue weighted by atomic mass is 9.92. The van der Waals surface area contributed by atoms with E-state index in [0.717, 1.165) is 99.3 Å². The molecule has 0 aliphatic carbocycles. The van der Waals surface area contributed by atoms with Crippen molar-refractivity contribution in [2.24, 2.45) is 13.0 Å². The number of piperazine rings is 1. The largest absolute Gasteiger partial charge is 0.494 e. The summed E-state index contributed by atoms with van der Waals surface area (Å²) in [4.78, 5) is 79.4. The first-order valence-electron chi connectivity index (χ1n) is 25.7. The molecule has 0 spiro atoms. The molecule has 5 aliphatic rings. The van der Waals surface area contributed by atoms with Crippen LogP contribution in [-0.2, 0) is 21.2 Å². The van der Waals surface area contributed by atoms with E-state index >= 15 is 4.39 Å². The van der Waals surface area contributed by atoms with Gasteiger partial charge < -0.3 is 34.6 Å². The van der Waals surface area contributed by atoms with Crippen LogP contribution in [-0.4, -0.2) is 159 Å². The smallest absolute Gasteiger partial charge is 0.262 e. The summed E-state index contributed by atoms with van der Waals surface area (Å²) in [5, 5.41) is 14.2. The van der Waals surface area contributed by atoms with Gasteiger partial charge in [0.2, 0.25) is 17.8 Å². The van der Waals surface area contributed by atoms with Crippen LogP contribution in [0.1, 0.15) is 59.2 Å². The van der Waals surface area contributed by atoms with Gasteiger partial charge in [0.05, 0.1) is 58.5 Å². The third-order valence-corrected chi connectivity index (χ3v) is 17.2. The van der Waals surface area contributed by atoms with Crippen LogP contribution in [0.25, 0.3) is 22.2 Å².